The zero-order valence-electron chi connectivity index (χ0n) is 15.8. The van der Waals surface area contributed by atoms with Crippen LogP contribution in [0.15, 0.2) is 79.9 Å². The van der Waals surface area contributed by atoms with Gasteiger partial charge in [-0.25, -0.2) is 0 Å². The van der Waals surface area contributed by atoms with Gasteiger partial charge in [0, 0.05) is 0 Å². The minimum Gasteiger partial charge on any atom is -0.497 e. The monoisotopic (exact) mass is 368 g/mol. The minimum absolute atomic E-state index is 0.162. The van der Waals surface area contributed by atoms with E-state index in [9.17, 15) is 5.11 Å². The Morgan fingerprint density at radius 1 is 1.04 bits per heavy atom. The Labute approximate surface area is 161 Å². The van der Waals surface area contributed by atoms with E-state index >= 15 is 0 Å². The maximum Gasteiger partial charge on any atom is 0.118 e. The summed E-state index contributed by atoms with van der Waals surface area (Å²) in [5, 5.41) is 10.5. The van der Waals surface area contributed by atoms with Gasteiger partial charge in [-0.1, -0.05) is 54.6 Å². The molecule has 4 nitrogen and oxygen atoms in total. The number of aliphatic hydroxyl groups is 1. The highest BCUT2D eigenvalue weighted by atomic mass is 16.5. The molecule has 0 saturated heterocycles. The molecule has 0 saturated carbocycles. The molecule has 0 amide bonds. The van der Waals surface area contributed by atoms with Crippen molar-refractivity contribution < 1.29 is 19.3 Å². The molecule has 0 unspecified atom stereocenters. The van der Waals surface area contributed by atoms with Gasteiger partial charge < -0.3 is 19.3 Å². The van der Waals surface area contributed by atoms with E-state index in [0.717, 1.165) is 16.9 Å². The molecule has 0 radical (unpaired) electrons. The van der Waals surface area contributed by atoms with Crippen LogP contribution < -0.4 is 4.74 Å². The van der Waals surface area contributed by atoms with E-state index in [2.05, 4.69) is 13.2 Å². The number of hydrogen-bond donors (Lipinski definition) is 1. The van der Waals surface area contributed by atoms with Crippen molar-refractivity contribution in [1.29, 1.82) is 0 Å². The zero-order chi connectivity index (χ0) is 19.5. The van der Waals surface area contributed by atoms with Gasteiger partial charge in [-0.05, 0) is 29.7 Å². The van der Waals surface area contributed by atoms with E-state index in [0.29, 0.717) is 13.0 Å². The Kier molecular flexibility index (Phi) is 8.78. The van der Waals surface area contributed by atoms with E-state index in [-0.39, 0.29) is 12.7 Å². The molecule has 2 aromatic rings. The van der Waals surface area contributed by atoms with Gasteiger partial charge in [0.05, 0.1) is 26.4 Å². The predicted molar refractivity (Wildman–Crippen MR) is 108 cm³/mol. The number of benzene rings is 2. The van der Waals surface area contributed by atoms with Crippen molar-refractivity contribution in [2.45, 2.75) is 31.3 Å². The highest BCUT2D eigenvalue weighted by Crippen LogP contribution is 2.26. The fraction of sp³-hybridized carbons (Fsp3) is 0.304. The standard InChI is InChI=1S/C23H28O4/c1-4-9-23(19-12-14-20(25-3)15-13-19)27-22(5-2)21(24)17-26-16-18-10-7-6-8-11-18/h4-8,10-15,21-24H,1-2,9,16-17H2,3H3/t21-,22+,23-/m0/s1. The minimum atomic E-state index is -0.809. The maximum atomic E-state index is 10.5. The molecule has 0 bridgehead atoms. The summed E-state index contributed by atoms with van der Waals surface area (Å²) >= 11 is 0. The zero-order valence-corrected chi connectivity index (χ0v) is 15.8. The molecule has 144 valence electrons. The second kappa shape index (κ2) is 11.3. The molecule has 4 heteroatoms. The fourth-order valence-electron chi connectivity index (χ4n) is 2.70. The molecule has 0 spiro atoms. The SMILES string of the molecule is C=CC[C@H](O[C@H](C=C)[C@@H](O)COCc1ccccc1)c1ccc(OC)cc1. The lowest BCUT2D eigenvalue weighted by atomic mass is 10.1. The number of ether oxygens (including phenoxy) is 3. The van der Waals surface area contributed by atoms with Gasteiger partial charge in [-0.15, -0.1) is 13.2 Å². The molecule has 0 aliphatic carbocycles. The van der Waals surface area contributed by atoms with E-state index in [1.165, 1.54) is 0 Å². The number of methoxy groups -OCH3 is 1. The Morgan fingerprint density at radius 2 is 1.74 bits per heavy atom. The third-order valence-electron chi connectivity index (χ3n) is 4.20. The van der Waals surface area contributed by atoms with Crippen LogP contribution in [0.5, 0.6) is 5.75 Å². The van der Waals surface area contributed by atoms with Crippen molar-refractivity contribution in [1.82, 2.24) is 0 Å². The van der Waals surface area contributed by atoms with Crippen molar-refractivity contribution in [3.8, 4) is 5.75 Å². The second-order valence-electron chi connectivity index (χ2n) is 6.19. The molecule has 0 fully saturated rings. The Hall–Kier alpha value is -2.40. The van der Waals surface area contributed by atoms with Crippen LogP contribution in [0.25, 0.3) is 0 Å². The first-order valence-corrected chi connectivity index (χ1v) is 9.00. The van der Waals surface area contributed by atoms with Crippen molar-refractivity contribution in [3.63, 3.8) is 0 Å². The molecule has 0 heterocycles. The lowest BCUT2D eigenvalue weighted by Gasteiger charge is -2.26. The van der Waals surface area contributed by atoms with Crippen LogP contribution in [0.3, 0.4) is 0 Å². The second-order valence-corrected chi connectivity index (χ2v) is 6.19. The van der Waals surface area contributed by atoms with E-state index in [4.69, 9.17) is 14.2 Å². The van der Waals surface area contributed by atoms with E-state index in [1.807, 2.05) is 54.6 Å². The Bertz CT molecular complexity index is 681. The van der Waals surface area contributed by atoms with Crippen molar-refractivity contribution in [3.05, 3.63) is 91.0 Å². The summed E-state index contributed by atoms with van der Waals surface area (Å²) in [4.78, 5) is 0. The molecule has 0 aromatic heterocycles. The van der Waals surface area contributed by atoms with Crippen molar-refractivity contribution in [2.24, 2.45) is 0 Å². The number of aliphatic hydroxyl groups excluding tert-OH is 1. The maximum absolute atomic E-state index is 10.5. The van der Waals surface area contributed by atoms with Gasteiger partial charge in [0.25, 0.3) is 0 Å². The number of rotatable bonds is 12. The van der Waals surface area contributed by atoms with Crippen LogP contribution in [0, 0.1) is 0 Å². The first-order chi connectivity index (χ1) is 13.2. The number of hydrogen-bond acceptors (Lipinski definition) is 4. The highest BCUT2D eigenvalue weighted by molar-refractivity contribution is 5.29. The molecular formula is C23H28O4. The van der Waals surface area contributed by atoms with Crippen LogP contribution in [0.4, 0.5) is 0 Å². The normalized spacial score (nSPS) is 14.1. The summed E-state index contributed by atoms with van der Waals surface area (Å²) < 4.78 is 16.9. The highest BCUT2D eigenvalue weighted by Gasteiger charge is 2.22. The Morgan fingerprint density at radius 3 is 2.33 bits per heavy atom. The van der Waals surface area contributed by atoms with Gasteiger partial charge >= 0.3 is 0 Å². The molecule has 2 aromatic carbocycles. The van der Waals surface area contributed by atoms with Gasteiger partial charge in [0.1, 0.15) is 18.0 Å². The smallest absolute Gasteiger partial charge is 0.118 e. The van der Waals surface area contributed by atoms with Crippen LogP contribution in [-0.4, -0.2) is 31.0 Å². The topological polar surface area (TPSA) is 47.9 Å². The first kappa shape index (κ1) is 20.9. The molecule has 3 atom stereocenters. The quantitative estimate of drug-likeness (QED) is 0.562. The van der Waals surface area contributed by atoms with Crippen LogP contribution >= 0.6 is 0 Å². The molecule has 2 rings (SSSR count). The van der Waals surface area contributed by atoms with Gasteiger partial charge in [-0.3, -0.25) is 0 Å². The predicted octanol–water partition coefficient (Wildman–Crippen LogP) is 4.46. The van der Waals surface area contributed by atoms with Gasteiger partial charge in [0.2, 0.25) is 0 Å². The van der Waals surface area contributed by atoms with Crippen LogP contribution in [-0.2, 0) is 16.1 Å². The summed E-state index contributed by atoms with van der Waals surface area (Å²) in [5.41, 5.74) is 2.04. The van der Waals surface area contributed by atoms with E-state index in [1.54, 1.807) is 19.3 Å². The third kappa shape index (κ3) is 6.68. The molecule has 1 N–H and O–H groups in total. The molecular weight excluding hydrogens is 340 g/mol. The Balaban J connectivity index is 1.94. The third-order valence-corrected chi connectivity index (χ3v) is 4.20. The van der Waals surface area contributed by atoms with Gasteiger partial charge in [0.15, 0.2) is 0 Å². The van der Waals surface area contributed by atoms with Crippen molar-refractivity contribution in [2.75, 3.05) is 13.7 Å². The summed E-state index contributed by atoms with van der Waals surface area (Å²) in [5.74, 6) is 0.783. The van der Waals surface area contributed by atoms with Crippen LogP contribution in [0.1, 0.15) is 23.7 Å². The molecule has 0 aliphatic heterocycles. The van der Waals surface area contributed by atoms with Crippen molar-refractivity contribution >= 4 is 0 Å². The lowest BCUT2D eigenvalue weighted by Crippen LogP contribution is -2.32. The average Bonchev–Trinajstić information content (AvgIpc) is 2.72. The summed E-state index contributed by atoms with van der Waals surface area (Å²) in [6.07, 6.45) is 2.43. The van der Waals surface area contributed by atoms with Gasteiger partial charge in [-0.2, -0.15) is 0 Å². The molecule has 0 aliphatic rings. The van der Waals surface area contributed by atoms with E-state index < -0.39 is 12.2 Å². The summed E-state index contributed by atoms with van der Waals surface area (Å²) in [6, 6.07) is 17.5. The first-order valence-electron chi connectivity index (χ1n) is 9.00. The lowest BCUT2D eigenvalue weighted by molar-refractivity contribution is -0.0821. The summed E-state index contributed by atoms with van der Waals surface area (Å²) in [7, 11) is 1.63. The van der Waals surface area contributed by atoms with Crippen LogP contribution in [0.2, 0.25) is 0 Å². The molecule has 27 heavy (non-hydrogen) atoms. The largest absolute Gasteiger partial charge is 0.497 e. The summed E-state index contributed by atoms with van der Waals surface area (Å²) in [6.45, 7) is 8.20. The fourth-order valence-corrected chi connectivity index (χ4v) is 2.70. The average molecular weight is 368 g/mol.